The molecule has 1 saturated carbocycles. The molecule has 1 fully saturated rings. The lowest BCUT2D eigenvalue weighted by molar-refractivity contribution is -0.144. The van der Waals surface area contributed by atoms with Crippen LogP contribution in [0.3, 0.4) is 0 Å². The molecular weight excluding hydrogens is 354 g/mol. The van der Waals surface area contributed by atoms with E-state index >= 15 is 0 Å². The van der Waals surface area contributed by atoms with Crippen LogP contribution in [0.2, 0.25) is 0 Å². The van der Waals surface area contributed by atoms with Gasteiger partial charge < -0.3 is 15.9 Å². The largest absolute Gasteiger partial charge is 0.467 e. The fraction of sp³-hybridized carbons (Fsp3) is 0.412. The Labute approximate surface area is 155 Å². The maximum absolute atomic E-state index is 12.3. The monoisotopic (exact) mass is 375 g/mol. The van der Waals surface area contributed by atoms with Crippen molar-refractivity contribution in [2.45, 2.75) is 36.4 Å². The number of esters is 1. The number of rotatable bonds is 8. The number of aromatic nitrogens is 3. The highest BCUT2D eigenvalue weighted by Crippen LogP contribution is 2.39. The van der Waals surface area contributed by atoms with E-state index in [2.05, 4.69) is 15.5 Å². The summed E-state index contributed by atoms with van der Waals surface area (Å²) in [6.45, 7) is 0. The first kappa shape index (κ1) is 18.2. The number of nitrogens with zero attached hydrogens (tertiary/aromatic N) is 3. The molecule has 1 amide bonds. The molecule has 1 aromatic heterocycles. The van der Waals surface area contributed by atoms with Gasteiger partial charge in [0, 0.05) is 12.3 Å². The molecule has 1 atom stereocenters. The Morgan fingerprint density at radius 1 is 1.35 bits per heavy atom. The third-order valence-electron chi connectivity index (χ3n) is 4.07. The fourth-order valence-corrected chi connectivity index (χ4v) is 3.23. The summed E-state index contributed by atoms with van der Waals surface area (Å²) < 4.78 is 6.24. The summed E-state index contributed by atoms with van der Waals surface area (Å²) in [5.41, 5.74) is 0.937. The van der Waals surface area contributed by atoms with E-state index in [4.69, 9.17) is 10.6 Å². The van der Waals surface area contributed by atoms with Gasteiger partial charge in [0.25, 0.3) is 0 Å². The number of amides is 1. The van der Waals surface area contributed by atoms with Gasteiger partial charge in [0.15, 0.2) is 5.82 Å². The third-order valence-corrected chi connectivity index (χ3v) is 5.01. The smallest absolute Gasteiger partial charge is 0.328 e. The van der Waals surface area contributed by atoms with Crippen LogP contribution in [0, 0.1) is 0 Å². The summed E-state index contributed by atoms with van der Waals surface area (Å²) in [7, 11) is 1.30. The fourth-order valence-electron chi connectivity index (χ4n) is 2.56. The van der Waals surface area contributed by atoms with Crippen LogP contribution in [0.15, 0.2) is 35.5 Å². The number of carbonyl (C=O) groups is 2. The van der Waals surface area contributed by atoms with Crippen LogP contribution < -0.4 is 11.2 Å². The number of nitrogen functional groups attached to an aromatic ring is 1. The highest BCUT2D eigenvalue weighted by Gasteiger charge is 2.30. The number of benzene rings is 1. The highest BCUT2D eigenvalue weighted by atomic mass is 32.2. The van der Waals surface area contributed by atoms with Crippen molar-refractivity contribution in [3.63, 3.8) is 0 Å². The Morgan fingerprint density at radius 2 is 2.08 bits per heavy atom. The van der Waals surface area contributed by atoms with Gasteiger partial charge in [0.05, 0.1) is 12.9 Å². The van der Waals surface area contributed by atoms with Crippen molar-refractivity contribution < 1.29 is 14.3 Å². The maximum Gasteiger partial charge on any atom is 0.328 e. The molecule has 26 heavy (non-hydrogen) atoms. The van der Waals surface area contributed by atoms with Crippen LogP contribution >= 0.6 is 11.8 Å². The van der Waals surface area contributed by atoms with Crippen LogP contribution in [0.1, 0.15) is 30.1 Å². The van der Waals surface area contributed by atoms with Gasteiger partial charge in [-0.1, -0.05) is 42.1 Å². The predicted octanol–water partition coefficient (Wildman–Crippen LogP) is 0.862. The number of methoxy groups -OCH3 is 1. The lowest BCUT2D eigenvalue weighted by Crippen LogP contribution is -2.43. The molecule has 0 radical (unpaired) electrons. The summed E-state index contributed by atoms with van der Waals surface area (Å²) in [6.07, 6.45) is 2.50. The first-order valence-electron chi connectivity index (χ1n) is 8.32. The minimum absolute atomic E-state index is 0.0856. The molecule has 0 unspecified atom stereocenters. The minimum atomic E-state index is -0.742. The summed E-state index contributed by atoms with van der Waals surface area (Å²) in [5, 5.41) is 11.3. The molecule has 138 valence electrons. The zero-order valence-corrected chi connectivity index (χ0v) is 15.2. The van der Waals surface area contributed by atoms with Crippen LogP contribution in [-0.2, 0) is 20.7 Å². The first-order valence-corrected chi connectivity index (χ1v) is 9.31. The summed E-state index contributed by atoms with van der Waals surface area (Å²) >= 11 is 1.19. The van der Waals surface area contributed by atoms with Gasteiger partial charge in [0.1, 0.15) is 6.04 Å². The number of thioether (sulfide) groups is 1. The Bertz CT molecular complexity index is 776. The Balaban J connectivity index is 1.56. The number of nitrogens with two attached hydrogens (primary N) is 1. The Morgan fingerprint density at radius 3 is 2.73 bits per heavy atom. The number of hydrogen-bond donors (Lipinski definition) is 2. The van der Waals surface area contributed by atoms with E-state index in [0.717, 1.165) is 24.2 Å². The van der Waals surface area contributed by atoms with Crippen LogP contribution in [0.25, 0.3) is 0 Å². The van der Waals surface area contributed by atoms with Crippen molar-refractivity contribution in [1.82, 2.24) is 20.2 Å². The second kappa shape index (κ2) is 8.22. The molecule has 0 spiro atoms. The average molecular weight is 375 g/mol. The van der Waals surface area contributed by atoms with Gasteiger partial charge in [-0.25, -0.2) is 9.47 Å². The summed E-state index contributed by atoms with van der Waals surface area (Å²) in [4.78, 5) is 24.2. The van der Waals surface area contributed by atoms with E-state index in [1.165, 1.54) is 23.5 Å². The average Bonchev–Trinajstić information content (AvgIpc) is 3.43. The van der Waals surface area contributed by atoms with E-state index in [9.17, 15) is 9.59 Å². The standard InChI is InChI=1S/C17H21N5O3S/c1-25-16(24)13(9-11-5-3-2-4-6-11)19-14(23)10-26-17-21-20-15(22(17)18)12-7-8-12/h2-6,12-13H,7-10,18H2,1H3,(H,19,23)/t13-/m1/s1. The molecule has 1 aromatic carbocycles. The molecule has 3 N–H and O–H groups in total. The molecule has 8 nitrogen and oxygen atoms in total. The molecule has 1 aliphatic rings. The number of nitrogens with one attached hydrogen (secondary N) is 1. The number of ether oxygens (including phenoxy) is 1. The van der Waals surface area contributed by atoms with E-state index in [1.54, 1.807) is 0 Å². The summed E-state index contributed by atoms with van der Waals surface area (Å²) in [6, 6.07) is 8.71. The Kier molecular flexibility index (Phi) is 5.77. The lowest BCUT2D eigenvalue weighted by atomic mass is 10.1. The summed E-state index contributed by atoms with van der Waals surface area (Å²) in [5.74, 6) is 6.41. The molecule has 1 heterocycles. The van der Waals surface area contributed by atoms with Crippen molar-refractivity contribution in [2.75, 3.05) is 18.7 Å². The molecule has 9 heteroatoms. The van der Waals surface area contributed by atoms with Gasteiger partial charge in [-0.2, -0.15) is 0 Å². The quantitative estimate of drug-likeness (QED) is 0.400. The van der Waals surface area contributed by atoms with Crippen molar-refractivity contribution in [3.05, 3.63) is 41.7 Å². The molecule has 0 aliphatic heterocycles. The van der Waals surface area contributed by atoms with Crippen LogP contribution in [0.5, 0.6) is 0 Å². The Hall–Kier alpha value is -2.55. The lowest BCUT2D eigenvalue weighted by Gasteiger charge is -2.16. The van der Waals surface area contributed by atoms with Crippen molar-refractivity contribution in [3.8, 4) is 0 Å². The molecule has 3 rings (SSSR count). The number of hydrogen-bond acceptors (Lipinski definition) is 7. The van der Waals surface area contributed by atoms with Gasteiger partial charge in [0.2, 0.25) is 11.1 Å². The van der Waals surface area contributed by atoms with E-state index in [0.29, 0.717) is 17.5 Å². The van der Waals surface area contributed by atoms with Gasteiger partial charge in [-0.05, 0) is 18.4 Å². The van der Waals surface area contributed by atoms with Gasteiger partial charge in [-0.3, -0.25) is 4.79 Å². The molecule has 1 aliphatic carbocycles. The minimum Gasteiger partial charge on any atom is -0.467 e. The van der Waals surface area contributed by atoms with E-state index < -0.39 is 12.0 Å². The topological polar surface area (TPSA) is 112 Å². The molecule has 0 bridgehead atoms. The van der Waals surface area contributed by atoms with Crippen molar-refractivity contribution in [1.29, 1.82) is 0 Å². The zero-order valence-electron chi connectivity index (χ0n) is 14.4. The second-order valence-electron chi connectivity index (χ2n) is 6.11. The van der Waals surface area contributed by atoms with Gasteiger partial charge in [-0.15, -0.1) is 10.2 Å². The predicted molar refractivity (Wildman–Crippen MR) is 97.0 cm³/mol. The SMILES string of the molecule is COC(=O)[C@@H](Cc1ccccc1)NC(=O)CSc1nnc(C2CC2)n1N. The van der Waals surface area contributed by atoms with Crippen molar-refractivity contribution >= 4 is 23.6 Å². The highest BCUT2D eigenvalue weighted by molar-refractivity contribution is 7.99. The first-order chi connectivity index (χ1) is 12.6. The molecule has 2 aromatic rings. The second-order valence-corrected chi connectivity index (χ2v) is 7.05. The van der Waals surface area contributed by atoms with Crippen LogP contribution in [0.4, 0.5) is 0 Å². The zero-order chi connectivity index (χ0) is 18.5. The maximum atomic E-state index is 12.3. The van der Waals surface area contributed by atoms with Crippen molar-refractivity contribution in [2.24, 2.45) is 0 Å². The van der Waals surface area contributed by atoms with Crippen LogP contribution in [-0.4, -0.2) is 45.7 Å². The van der Waals surface area contributed by atoms with Gasteiger partial charge >= 0.3 is 5.97 Å². The van der Waals surface area contributed by atoms with E-state index in [1.807, 2.05) is 30.3 Å². The third kappa shape index (κ3) is 4.54. The normalized spacial score (nSPS) is 14.7. The van der Waals surface area contributed by atoms with E-state index in [-0.39, 0.29) is 11.7 Å². The number of carbonyl (C=O) groups excluding carboxylic acids is 2. The molecule has 0 saturated heterocycles. The molecular formula is C17H21N5O3S.